The summed E-state index contributed by atoms with van der Waals surface area (Å²) in [5, 5.41) is 0. The zero-order valence-electron chi connectivity index (χ0n) is 22.0. The van der Waals surface area contributed by atoms with E-state index in [0.29, 0.717) is 0 Å². The third kappa shape index (κ3) is 14.6. The normalized spacial score (nSPS) is 11.4. The molecular weight excluding hydrogens is 458 g/mol. The van der Waals surface area contributed by atoms with Crippen LogP contribution in [0.1, 0.15) is 117 Å². The van der Waals surface area contributed by atoms with Crippen molar-refractivity contribution in [3.05, 3.63) is 29.8 Å². The Morgan fingerprint density at radius 1 is 0.656 bits per heavy atom. The first kappa shape index (κ1) is 31.5. The number of hydrogen-bond acceptors (Lipinski definition) is 1. The van der Waals surface area contributed by atoms with Gasteiger partial charge in [0.2, 0.25) is 0 Å². The fourth-order valence-corrected chi connectivity index (χ4v) is 4.64. The van der Waals surface area contributed by atoms with Crippen molar-refractivity contribution in [2.24, 2.45) is 0 Å². The SMILES string of the molecule is CCCCCCCCCCCCCCCc1cccc(OCC[N+](CC)(CC)CC)c1.[Br-]. The van der Waals surface area contributed by atoms with Crippen molar-refractivity contribution in [1.82, 2.24) is 0 Å². The van der Waals surface area contributed by atoms with Crippen molar-refractivity contribution in [3.8, 4) is 5.75 Å². The molecule has 0 atom stereocenters. The number of ether oxygens (including phenoxy) is 1. The molecular formula is C29H54BrNO. The molecule has 188 valence electrons. The Kier molecular flexibility index (Phi) is 20.7. The van der Waals surface area contributed by atoms with Crippen molar-refractivity contribution in [1.29, 1.82) is 0 Å². The van der Waals surface area contributed by atoms with Gasteiger partial charge in [-0.25, -0.2) is 0 Å². The van der Waals surface area contributed by atoms with E-state index in [2.05, 4.69) is 52.0 Å². The van der Waals surface area contributed by atoms with E-state index >= 15 is 0 Å². The monoisotopic (exact) mass is 511 g/mol. The van der Waals surface area contributed by atoms with Crippen LogP contribution in [0.25, 0.3) is 0 Å². The molecule has 0 spiro atoms. The Hall–Kier alpha value is -0.540. The molecule has 0 heterocycles. The number of rotatable bonds is 21. The van der Waals surface area contributed by atoms with E-state index in [-0.39, 0.29) is 17.0 Å². The number of quaternary nitrogens is 1. The lowest BCUT2D eigenvalue weighted by Gasteiger charge is -2.35. The fraction of sp³-hybridized carbons (Fsp3) is 0.793. The Morgan fingerprint density at radius 2 is 1.16 bits per heavy atom. The van der Waals surface area contributed by atoms with Gasteiger partial charge in [0.25, 0.3) is 0 Å². The summed E-state index contributed by atoms with van der Waals surface area (Å²) in [6.07, 6.45) is 19.6. The summed E-state index contributed by atoms with van der Waals surface area (Å²) in [5.41, 5.74) is 1.43. The second-order valence-corrected chi connectivity index (χ2v) is 9.50. The quantitative estimate of drug-likeness (QED) is 0.154. The van der Waals surface area contributed by atoms with Gasteiger partial charge in [-0.2, -0.15) is 0 Å². The van der Waals surface area contributed by atoms with Gasteiger partial charge < -0.3 is 26.2 Å². The number of halogens is 1. The summed E-state index contributed by atoms with van der Waals surface area (Å²) in [5.74, 6) is 1.05. The van der Waals surface area contributed by atoms with Crippen molar-refractivity contribution < 1.29 is 26.2 Å². The van der Waals surface area contributed by atoms with Crippen molar-refractivity contribution in [2.75, 3.05) is 32.8 Å². The first-order chi connectivity index (χ1) is 15.2. The molecule has 0 saturated carbocycles. The summed E-state index contributed by atoms with van der Waals surface area (Å²) < 4.78 is 7.26. The molecule has 0 radical (unpaired) electrons. The van der Waals surface area contributed by atoms with E-state index in [1.807, 2.05) is 0 Å². The number of nitrogens with zero attached hydrogens (tertiary/aromatic N) is 1. The first-order valence-electron chi connectivity index (χ1n) is 13.8. The number of likely N-dealkylation sites (N-methyl/N-ethyl adjacent to an activating group) is 1. The third-order valence-corrected chi connectivity index (χ3v) is 7.31. The van der Waals surface area contributed by atoms with Gasteiger partial charge in [-0.1, -0.05) is 96.1 Å². The minimum Gasteiger partial charge on any atom is -1.00 e. The molecule has 1 rings (SSSR count). The van der Waals surface area contributed by atoms with Crippen LogP contribution in [0.2, 0.25) is 0 Å². The maximum absolute atomic E-state index is 6.11. The van der Waals surface area contributed by atoms with Gasteiger partial charge in [-0.05, 0) is 51.3 Å². The summed E-state index contributed by atoms with van der Waals surface area (Å²) in [6, 6.07) is 8.80. The third-order valence-electron chi connectivity index (χ3n) is 7.31. The fourth-order valence-electron chi connectivity index (χ4n) is 4.64. The van der Waals surface area contributed by atoms with E-state index in [4.69, 9.17) is 4.74 Å². The minimum atomic E-state index is 0. The molecule has 0 fully saturated rings. The minimum absolute atomic E-state index is 0. The smallest absolute Gasteiger partial charge is 0.137 e. The molecule has 0 aromatic heterocycles. The highest BCUT2D eigenvalue weighted by Crippen LogP contribution is 2.17. The molecule has 1 aromatic carbocycles. The molecule has 32 heavy (non-hydrogen) atoms. The van der Waals surface area contributed by atoms with Crippen molar-refractivity contribution >= 4 is 0 Å². The molecule has 1 aromatic rings. The molecule has 0 amide bonds. The van der Waals surface area contributed by atoms with Gasteiger partial charge in [0.15, 0.2) is 0 Å². The second kappa shape index (κ2) is 21.0. The number of aryl methyl sites for hydroxylation is 1. The van der Waals surface area contributed by atoms with Crippen LogP contribution in [0.3, 0.4) is 0 Å². The average Bonchev–Trinajstić information content (AvgIpc) is 2.80. The standard InChI is InChI=1S/C29H54NO.BrH/c1-5-9-10-11-12-13-14-15-16-17-18-19-20-22-28-23-21-24-29(27-28)31-26-25-30(6-2,7-3)8-4;/h21,23-24,27H,5-20,22,25-26H2,1-4H3;1H/q+1;/p-1. The van der Waals surface area contributed by atoms with Crippen LogP contribution >= 0.6 is 0 Å². The summed E-state index contributed by atoms with van der Waals surface area (Å²) >= 11 is 0. The first-order valence-corrected chi connectivity index (χ1v) is 13.8. The van der Waals surface area contributed by atoms with Gasteiger partial charge in [0.1, 0.15) is 18.9 Å². The summed E-state index contributed by atoms with van der Waals surface area (Å²) in [6.45, 7) is 14.7. The lowest BCUT2D eigenvalue weighted by molar-refractivity contribution is -0.923. The van der Waals surface area contributed by atoms with E-state index in [0.717, 1.165) is 23.4 Å². The number of benzene rings is 1. The molecule has 0 bridgehead atoms. The van der Waals surface area contributed by atoms with Crippen LogP contribution in [0.15, 0.2) is 24.3 Å². The highest BCUT2D eigenvalue weighted by molar-refractivity contribution is 5.28. The Labute approximate surface area is 211 Å². The van der Waals surface area contributed by atoms with Gasteiger partial charge in [0.05, 0.1) is 19.6 Å². The van der Waals surface area contributed by atoms with Crippen LogP contribution in [0, 0.1) is 0 Å². The van der Waals surface area contributed by atoms with Crippen molar-refractivity contribution in [3.63, 3.8) is 0 Å². The van der Waals surface area contributed by atoms with E-state index in [1.54, 1.807) is 0 Å². The van der Waals surface area contributed by atoms with E-state index in [1.165, 1.54) is 115 Å². The zero-order valence-corrected chi connectivity index (χ0v) is 23.6. The Morgan fingerprint density at radius 3 is 1.66 bits per heavy atom. The van der Waals surface area contributed by atoms with Gasteiger partial charge in [-0.15, -0.1) is 0 Å². The predicted molar refractivity (Wildman–Crippen MR) is 138 cm³/mol. The van der Waals surface area contributed by atoms with E-state index in [9.17, 15) is 0 Å². The van der Waals surface area contributed by atoms with Gasteiger partial charge in [0, 0.05) is 0 Å². The Balaban J connectivity index is 0.00000961. The molecule has 0 unspecified atom stereocenters. The van der Waals surface area contributed by atoms with Gasteiger partial charge >= 0.3 is 0 Å². The molecule has 2 nitrogen and oxygen atoms in total. The summed E-state index contributed by atoms with van der Waals surface area (Å²) in [4.78, 5) is 0. The van der Waals surface area contributed by atoms with Gasteiger partial charge in [-0.3, -0.25) is 0 Å². The lowest BCUT2D eigenvalue weighted by atomic mass is 10.0. The van der Waals surface area contributed by atoms with Crippen LogP contribution in [-0.2, 0) is 6.42 Å². The largest absolute Gasteiger partial charge is 1.00 e. The predicted octanol–water partition coefficient (Wildman–Crippen LogP) is 5.58. The second-order valence-electron chi connectivity index (χ2n) is 9.50. The molecule has 0 aliphatic rings. The average molecular weight is 513 g/mol. The van der Waals surface area contributed by atoms with Crippen LogP contribution in [-0.4, -0.2) is 37.3 Å². The Bertz CT molecular complexity index is 521. The molecule has 0 aliphatic heterocycles. The molecule has 0 saturated heterocycles. The number of hydrogen-bond donors (Lipinski definition) is 0. The molecule has 0 N–H and O–H groups in total. The highest BCUT2D eigenvalue weighted by atomic mass is 79.9. The maximum Gasteiger partial charge on any atom is 0.137 e. The molecule has 0 aliphatic carbocycles. The van der Waals surface area contributed by atoms with Crippen LogP contribution in [0.5, 0.6) is 5.75 Å². The topological polar surface area (TPSA) is 9.23 Å². The molecule has 3 heteroatoms. The lowest BCUT2D eigenvalue weighted by Crippen LogP contribution is -3.00. The maximum atomic E-state index is 6.11. The van der Waals surface area contributed by atoms with Crippen LogP contribution in [0.4, 0.5) is 0 Å². The van der Waals surface area contributed by atoms with E-state index < -0.39 is 0 Å². The number of unbranched alkanes of at least 4 members (excludes halogenated alkanes) is 12. The van der Waals surface area contributed by atoms with Crippen molar-refractivity contribution in [2.45, 2.75) is 118 Å². The zero-order chi connectivity index (χ0) is 22.6. The summed E-state index contributed by atoms with van der Waals surface area (Å²) in [7, 11) is 0. The highest BCUT2D eigenvalue weighted by Gasteiger charge is 2.20. The van der Waals surface area contributed by atoms with Crippen LogP contribution < -0.4 is 21.7 Å².